The van der Waals surface area contributed by atoms with Gasteiger partial charge in [-0.2, -0.15) is 0 Å². The number of rotatable bonds is 3. The van der Waals surface area contributed by atoms with Gasteiger partial charge in [-0.15, -0.1) is 0 Å². The molecule has 0 aromatic carbocycles. The average Bonchev–Trinajstić information content (AvgIpc) is 2.67. The van der Waals surface area contributed by atoms with E-state index >= 15 is 0 Å². The number of carbonyl (C=O) groups excluding carboxylic acids is 1. The van der Waals surface area contributed by atoms with Crippen LogP contribution in [0.15, 0.2) is 24.5 Å². The zero-order chi connectivity index (χ0) is 12.4. The molecule has 1 amide bonds. The van der Waals surface area contributed by atoms with Gasteiger partial charge in [0, 0.05) is 18.4 Å². The Hall–Kier alpha value is -1.84. The standard InChI is InChI=1S/C13H17N3O/c1-4-9(2)15-13(17)11-5-6-12-14-10(3)7-16(12)8-11/h5-9H,4H2,1-3H3,(H,15,17). The number of aromatic nitrogens is 2. The van der Waals surface area contributed by atoms with Crippen molar-refractivity contribution in [2.75, 3.05) is 0 Å². The lowest BCUT2D eigenvalue weighted by atomic mass is 10.2. The van der Waals surface area contributed by atoms with Crippen molar-refractivity contribution in [1.82, 2.24) is 14.7 Å². The minimum Gasteiger partial charge on any atom is -0.350 e. The molecule has 0 saturated carbocycles. The van der Waals surface area contributed by atoms with E-state index in [1.165, 1.54) is 0 Å². The van der Waals surface area contributed by atoms with Crippen molar-refractivity contribution in [2.45, 2.75) is 33.2 Å². The Balaban J connectivity index is 2.26. The Morgan fingerprint density at radius 2 is 2.24 bits per heavy atom. The lowest BCUT2D eigenvalue weighted by molar-refractivity contribution is 0.0939. The van der Waals surface area contributed by atoms with Crippen LogP contribution < -0.4 is 5.32 Å². The van der Waals surface area contributed by atoms with Crippen LogP contribution in [0.2, 0.25) is 0 Å². The molecule has 2 aromatic heterocycles. The molecule has 0 spiro atoms. The molecule has 0 aliphatic carbocycles. The van der Waals surface area contributed by atoms with E-state index in [0.717, 1.165) is 17.8 Å². The van der Waals surface area contributed by atoms with Gasteiger partial charge in [0.05, 0.1) is 11.3 Å². The van der Waals surface area contributed by atoms with Crippen molar-refractivity contribution in [3.63, 3.8) is 0 Å². The predicted octanol–water partition coefficient (Wildman–Crippen LogP) is 2.17. The van der Waals surface area contributed by atoms with Crippen LogP contribution in [0.4, 0.5) is 0 Å². The first-order valence-corrected chi connectivity index (χ1v) is 5.86. The van der Waals surface area contributed by atoms with Crippen LogP contribution in [0.25, 0.3) is 5.65 Å². The second kappa shape index (κ2) is 4.57. The predicted molar refractivity (Wildman–Crippen MR) is 67.1 cm³/mol. The quantitative estimate of drug-likeness (QED) is 0.880. The van der Waals surface area contributed by atoms with E-state index in [4.69, 9.17) is 0 Å². The zero-order valence-corrected chi connectivity index (χ0v) is 10.4. The molecule has 0 aliphatic heterocycles. The summed E-state index contributed by atoms with van der Waals surface area (Å²) >= 11 is 0. The van der Waals surface area contributed by atoms with Crippen LogP contribution in [-0.4, -0.2) is 21.3 Å². The Kier molecular flexibility index (Phi) is 3.13. The molecule has 0 saturated heterocycles. The summed E-state index contributed by atoms with van der Waals surface area (Å²) < 4.78 is 1.88. The van der Waals surface area contributed by atoms with E-state index < -0.39 is 0 Å². The van der Waals surface area contributed by atoms with E-state index in [9.17, 15) is 4.79 Å². The van der Waals surface area contributed by atoms with E-state index in [1.54, 1.807) is 6.07 Å². The summed E-state index contributed by atoms with van der Waals surface area (Å²) in [6.45, 7) is 5.98. The first kappa shape index (κ1) is 11.6. The summed E-state index contributed by atoms with van der Waals surface area (Å²) in [7, 11) is 0. The van der Waals surface area contributed by atoms with Crippen LogP contribution >= 0.6 is 0 Å². The number of hydrogen-bond acceptors (Lipinski definition) is 2. The monoisotopic (exact) mass is 231 g/mol. The maximum absolute atomic E-state index is 11.9. The number of carbonyl (C=O) groups is 1. The number of nitrogens with zero attached hydrogens (tertiary/aromatic N) is 2. The van der Waals surface area contributed by atoms with Crippen molar-refractivity contribution in [3.8, 4) is 0 Å². The molecule has 1 unspecified atom stereocenters. The van der Waals surface area contributed by atoms with Gasteiger partial charge in [-0.25, -0.2) is 4.98 Å². The number of hydrogen-bond donors (Lipinski definition) is 1. The largest absolute Gasteiger partial charge is 0.350 e. The molecule has 4 heteroatoms. The molecule has 0 radical (unpaired) electrons. The van der Waals surface area contributed by atoms with Crippen molar-refractivity contribution in [1.29, 1.82) is 0 Å². The maximum atomic E-state index is 11.9. The second-order valence-corrected chi connectivity index (χ2v) is 4.35. The van der Waals surface area contributed by atoms with Crippen LogP contribution in [0.3, 0.4) is 0 Å². The fourth-order valence-electron chi connectivity index (χ4n) is 1.66. The van der Waals surface area contributed by atoms with Crippen molar-refractivity contribution >= 4 is 11.6 Å². The molecule has 0 fully saturated rings. The first-order chi connectivity index (χ1) is 8.10. The third kappa shape index (κ3) is 2.46. The number of pyridine rings is 1. The number of fused-ring (bicyclic) bond motifs is 1. The smallest absolute Gasteiger partial charge is 0.252 e. The van der Waals surface area contributed by atoms with Gasteiger partial charge >= 0.3 is 0 Å². The van der Waals surface area contributed by atoms with Crippen LogP contribution in [0, 0.1) is 6.92 Å². The van der Waals surface area contributed by atoms with Crippen LogP contribution in [-0.2, 0) is 0 Å². The van der Waals surface area contributed by atoms with Crippen molar-refractivity contribution in [2.24, 2.45) is 0 Å². The number of aryl methyl sites for hydroxylation is 1. The third-order valence-corrected chi connectivity index (χ3v) is 2.82. The molecular formula is C13H17N3O. The number of amides is 1. The van der Waals surface area contributed by atoms with Gasteiger partial charge < -0.3 is 9.72 Å². The molecule has 2 rings (SSSR count). The highest BCUT2D eigenvalue weighted by atomic mass is 16.1. The normalized spacial score (nSPS) is 12.6. The highest BCUT2D eigenvalue weighted by Gasteiger charge is 2.09. The number of nitrogens with one attached hydrogen (secondary N) is 1. The topological polar surface area (TPSA) is 46.4 Å². The summed E-state index contributed by atoms with van der Waals surface area (Å²) in [4.78, 5) is 16.2. The molecule has 90 valence electrons. The lowest BCUT2D eigenvalue weighted by Crippen LogP contribution is -2.32. The average molecular weight is 231 g/mol. The number of imidazole rings is 1. The molecule has 0 bridgehead atoms. The summed E-state index contributed by atoms with van der Waals surface area (Å²) in [5, 5.41) is 2.94. The van der Waals surface area contributed by atoms with Crippen LogP contribution in [0.5, 0.6) is 0 Å². The van der Waals surface area contributed by atoms with E-state index in [-0.39, 0.29) is 11.9 Å². The fourth-order valence-corrected chi connectivity index (χ4v) is 1.66. The molecule has 2 aromatic rings. The van der Waals surface area contributed by atoms with E-state index in [1.807, 2.05) is 43.6 Å². The molecule has 0 aliphatic rings. The molecule has 1 N–H and O–H groups in total. The highest BCUT2D eigenvalue weighted by Crippen LogP contribution is 2.07. The molecular weight excluding hydrogens is 214 g/mol. The Bertz CT molecular complexity index is 545. The maximum Gasteiger partial charge on any atom is 0.252 e. The molecule has 2 heterocycles. The van der Waals surface area contributed by atoms with Crippen molar-refractivity contribution < 1.29 is 4.79 Å². The van der Waals surface area contributed by atoms with Gasteiger partial charge in [-0.05, 0) is 32.4 Å². The highest BCUT2D eigenvalue weighted by molar-refractivity contribution is 5.94. The first-order valence-electron chi connectivity index (χ1n) is 5.86. The Morgan fingerprint density at radius 1 is 1.47 bits per heavy atom. The fraction of sp³-hybridized carbons (Fsp3) is 0.385. The van der Waals surface area contributed by atoms with Gasteiger partial charge in [0.1, 0.15) is 5.65 Å². The Morgan fingerprint density at radius 3 is 2.94 bits per heavy atom. The minimum atomic E-state index is -0.0346. The SMILES string of the molecule is CCC(C)NC(=O)c1ccc2nc(C)cn2c1. The Labute approximate surface area is 101 Å². The molecule has 17 heavy (non-hydrogen) atoms. The van der Waals surface area contributed by atoms with Gasteiger partial charge in [-0.1, -0.05) is 6.92 Å². The summed E-state index contributed by atoms with van der Waals surface area (Å²) in [6, 6.07) is 3.86. The summed E-state index contributed by atoms with van der Waals surface area (Å²) in [6.07, 6.45) is 4.65. The lowest BCUT2D eigenvalue weighted by Gasteiger charge is -2.11. The second-order valence-electron chi connectivity index (χ2n) is 4.35. The van der Waals surface area contributed by atoms with Gasteiger partial charge in [0.25, 0.3) is 5.91 Å². The van der Waals surface area contributed by atoms with Gasteiger partial charge in [0.2, 0.25) is 0 Å². The summed E-state index contributed by atoms with van der Waals surface area (Å²) in [5.74, 6) is -0.0346. The molecule has 1 atom stereocenters. The zero-order valence-electron chi connectivity index (χ0n) is 10.4. The van der Waals surface area contributed by atoms with Crippen molar-refractivity contribution in [3.05, 3.63) is 35.8 Å². The van der Waals surface area contributed by atoms with Crippen LogP contribution in [0.1, 0.15) is 36.3 Å². The van der Waals surface area contributed by atoms with E-state index in [0.29, 0.717) is 5.56 Å². The third-order valence-electron chi connectivity index (χ3n) is 2.82. The summed E-state index contributed by atoms with van der Waals surface area (Å²) in [5.41, 5.74) is 2.47. The van der Waals surface area contributed by atoms with E-state index in [2.05, 4.69) is 10.3 Å². The van der Waals surface area contributed by atoms with Gasteiger partial charge in [0.15, 0.2) is 0 Å². The van der Waals surface area contributed by atoms with Gasteiger partial charge in [-0.3, -0.25) is 4.79 Å². The minimum absolute atomic E-state index is 0.0346. The molecule has 4 nitrogen and oxygen atoms in total.